The van der Waals surface area contributed by atoms with Gasteiger partial charge in [0.1, 0.15) is 30.0 Å². The summed E-state index contributed by atoms with van der Waals surface area (Å²) in [5.74, 6) is -15.3. The van der Waals surface area contributed by atoms with Crippen molar-refractivity contribution in [3.63, 3.8) is 0 Å². The molecule has 0 radical (unpaired) electrons. The molecule has 8 aliphatic heterocycles. The number of aryl methyl sites for hydroxylation is 1. The Morgan fingerprint density at radius 2 is 0.912 bits per heavy atom. The fraction of sp³-hybridized carbons (Fsp3) is 0.247. The number of aromatic nitrogens is 2. The van der Waals surface area contributed by atoms with Gasteiger partial charge in [-0.2, -0.15) is 0 Å². The van der Waals surface area contributed by atoms with Crippen molar-refractivity contribution >= 4 is 129 Å². The Balaban J connectivity index is 0.505. The van der Waals surface area contributed by atoms with E-state index < -0.39 is 89.2 Å². The number of hydrogen-bond donors (Lipinski definition) is 9. The van der Waals surface area contributed by atoms with E-state index in [4.69, 9.17) is 23.4 Å². The lowest BCUT2D eigenvalue weighted by Gasteiger charge is -2.47. The van der Waals surface area contributed by atoms with E-state index in [0.29, 0.717) is 37.6 Å². The third-order valence-electron chi connectivity index (χ3n) is 20.5. The number of imidazole rings is 1. The van der Waals surface area contributed by atoms with Gasteiger partial charge in [0, 0.05) is 125 Å². The lowest BCUT2D eigenvalue weighted by molar-refractivity contribution is -0.156. The Bertz CT molecular complexity index is 5390. The molecule has 0 fully saturated rings. The Hall–Kier alpha value is -10.6. The Morgan fingerprint density at radius 1 is 0.451 bits per heavy atom. The number of rotatable bonds is 26. The molecule has 26 nitrogen and oxygen atoms in total. The van der Waals surface area contributed by atoms with Crippen molar-refractivity contribution in [2.24, 2.45) is 23.7 Å². The van der Waals surface area contributed by atoms with Gasteiger partial charge in [-0.25, -0.2) is 19.1 Å². The number of hydrogen-bond acceptors (Lipinski definition) is 23. The number of nitrogens with zero attached hydrogens (tertiary/aromatic N) is 2. The van der Waals surface area contributed by atoms with Gasteiger partial charge in [-0.3, -0.25) is 38.4 Å². The van der Waals surface area contributed by atoms with E-state index >= 15 is 0 Å². The quantitative estimate of drug-likeness (QED) is 0.0138. The number of benzene rings is 8. The summed E-state index contributed by atoms with van der Waals surface area (Å²) >= 11 is 0. The number of carbonyl (C=O) groups excluding carboxylic acids is 4. The zero-order valence-corrected chi connectivity index (χ0v) is 64.2. The molecule has 3 amide bonds. The normalized spacial score (nSPS) is 18.8. The van der Waals surface area contributed by atoms with Crippen LogP contribution in [-0.4, -0.2) is 160 Å². The second-order valence-electron chi connectivity index (χ2n) is 27.2. The molecule has 9 heterocycles. The number of ether oxygens (including phenoxy) is 4. The maximum Gasteiger partial charge on any atom is 0.419 e. The summed E-state index contributed by atoms with van der Waals surface area (Å²) < 4.78 is 29.3. The zero-order chi connectivity index (χ0) is 78.9. The van der Waals surface area contributed by atoms with E-state index in [0.717, 1.165) is 68.7 Å². The third kappa shape index (κ3) is 16.3. The number of phenols is 1. The van der Waals surface area contributed by atoms with Gasteiger partial charge >= 0.3 is 35.9 Å². The molecule has 7 aliphatic carbocycles. The molecule has 23 rings (SSSR count). The number of phenolic OH excluding ortho intramolecular Hbond substituents is 1. The Kier molecular flexibility index (Phi) is 23.1. The Morgan fingerprint density at radius 3 is 1.40 bits per heavy atom. The SMILES string of the molecule is O=C(CCc1cn(C(=O)OCCOCCNC(=O)c2ccc(-c3c4ccc(=O)cc-4oc4cc(O)ccc34)c(C(=O)O)c2)cn1)NCCOCCOCCNC(=O)c1cc2cc(c1)SSc1ccc3c(c1)C1c4ccc(cc4C3C(C(=O)O)C1C(=O)O)SSc1ccc3c(c1)C1c4ccc(cc4C3C(C(=O)O)C1C(=O)O)SS2. The molecular weight excluding hydrogens is 1570 g/mol. The highest BCUT2D eigenvalue weighted by Gasteiger charge is 2.57. The zero-order valence-electron chi connectivity index (χ0n) is 59.3. The van der Waals surface area contributed by atoms with Gasteiger partial charge in [0.15, 0.2) is 5.43 Å². The van der Waals surface area contributed by atoms with Crippen LogP contribution in [0.1, 0.15) is 111 Å². The number of aromatic carboxylic acids is 1. The summed E-state index contributed by atoms with van der Waals surface area (Å²) in [5, 5.41) is 72.3. The minimum Gasteiger partial charge on any atom is -0.508 e. The highest BCUT2D eigenvalue weighted by atomic mass is 33.1. The van der Waals surface area contributed by atoms with E-state index in [1.807, 2.05) is 78.9 Å². The van der Waals surface area contributed by atoms with Gasteiger partial charge < -0.3 is 70.0 Å². The van der Waals surface area contributed by atoms with Gasteiger partial charge in [0.05, 0.1) is 74.6 Å². The molecule has 18 bridgehead atoms. The van der Waals surface area contributed by atoms with Crippen LogP contribution in [0.25, 0.3) is 33.4 Å². The van der Waals surface area contributed by atoms with Gasteiger partial charge in [-0.05, 0) is 160 Å². The largest absolute Gasteiger partial charge is 0.508 e. The molecule has 8 unspecified atom stereocenters. The van der Waals surface area contributed by atoms with Crippen molar-refractivity contribution in [1.29, 1.82) is 0 Å². The predicted molar refractivity (Wildman–Crippen MR) is 420 cm³/mol. The minimum absolute atomic E-state index is 0.0137. The topological polar surface area (TPSA) is 396 Å². The van der Waals surface area contributed by atoms with E-state index in [2.05, 4.69) is 20.9 Å². The molecule has 32 heteroatoms. The summed E-state index contributed by atoms with van der Waals surface area (Å²) in [4.78, 5) is 139. The van der Waals surface area contributed by atoms with Gasteiger partial charge in [0.25, 0.3) is 11.8 Å². The third-order valence-corrected chi connectivity index (χ3v) is 27.6. The Labute approximate surface area is 666 Å². The molecule has 113 heavy (non-hydrogen) atoms. The number of carbonyl (C=O) groups is 9. The lowest BCUT2D eigenvalue weighted by atomic mass is 9.54. The summed E-state index contributed by atoms with van der Waals surface area (Å²) in [5.41, 5.74) is 7.68. The molecule has 1 aromatic heterocycles. The number of aliphatic carboxylic acids is 4. The molecule has 7 aromatic carbocycles. The maximum absolute atomic E-state index is 14.1. The molecule has 15 aliphatic rings. The second kappa shape index (κ2) is 33.6. The van der Waals surface area contributed by atoms with E-state index in [-0.39, 0.29) is 130 Å². The predicted octanol–water partition coefficient (Wildman–Crippen LogP) is 12.8. The number of amides is 3. The van der Waals surface area contributed by atoms with Gasteiger partial charge in [0.2, 0.25) is 5.91 Å². The molecule has 8 atom stereocenters. The van der Waals surface area contributed by atoms with Crippen molar-refractivity contribution in [2.75, 3.05) is 65.9 Å². The van der Waals surface area contributed by atoms with E-state index in [9.17, 15) is 78.6 Å². The van der Waals surface area contributed by atoms with Crippen molar-refractivity contribution < 1.29 is 97.2 Å². The molecule has 8 aromatic rings. The summed E-state index contributed by atoms with van der Waals surface area (Å²) in [7, 11) is 8.47. The van der Waals surface area contributed by atoms with Gasteiger partial charge in [-0.15, -0.1) is 0 Å². The second-order valence-corrected chi connectivity index (χ2v) is 34.0. The fourth-order valence-electron chi connectivity index (χ4n) is 15.7. The summed E-state index contributed by atoms with van der Waals surface area (Å²) in [6.45, 7) is 1.00. The van der Waals surface area contributed by atoms with Crippen LogP contribution in [-0.2, 0) is 49.3 Å². The monoisotopic (exact) mass is 1640 g/mol. The first-order chi connectivity index (χ1) is 54.6. The van der Waals surface area contributed by atoms with Crippen LogP contribution in [0.3, 0.4) is 0 Å². The van der Waals surface area contributed by atoms with E-state index in [1.54, 1.807) is 18.2 Å². The number of nitrogens with one attached hydrogen (secondary N) is 3. The summed E-state index contributed by atoms with van der Waals surface area (Å²) in [6.07, 6.45) is 2.28. The molecule has 578 valence electrons. The first-order valence-corrected chi connectivity index (χ1v) is 42.1. The van der Waals surface area contributed by atoms with Crippen LogP contribution < -0.4 is 21.4 Å². The molecule has 0 spiro atoms. The molecule has 0 saturated carbocycles. The standard InChI is InChI=1S/C81H67N5O21S6/c87-42-3-10-55-62(30-42)107-63-31-43(88)4-11-56(63)65(55)54-9-1-39(29-61(54)76(92)93)74(90)83-18-22-105-25-26-106-81(102)86-37-41(85-38-86)2-16-64(89)82-17-20-103-23-24-104-21-19-84-75(91)40-27-48-32-49(28-40)113-111-47-8-15-53-60(36-47)69-51-13-6-45(34-58(51)67(53)71(78(96)97)73(69)80(100)101)109-108-44-5-12-50-57(33-44)66-52-14-7-46(110-112-48)35-59(52)68(50)72(79(98)99)70(66)77(94)95/h1,3-15,27-38,66-73,87H,2,16-26H2,(H,82,89)(H,83,90)(H,84,91)(H,92,93)(H,94,95)(H,96,97)(H,98,99)(H,100,101). The number of aromatic hydroxyl groups is 1. The van der Waals surface area contributed by atoms with Crippen LogP contribution in [0.5, 0.6) is 5.75 Å². The van der Waals surface area contributed by atoms with Crippen LogP contribution in [0.2, 0.25) is 0 Å². The van der Waals surface area contributed by atoms with Crippen molar-refractivity contribution in [3.05, 3.63) is 235 Å². The number of carboxylic acids is 5. The highest BCUT2D eigenvalue weighted by Crippen LogP contribution is 2.63. The maximum atomic E-state index is 14.1. The van der Waals surface area contributed by atoms with Crippen LogP contribution >= 0.6 is 64.8 Å². The van der Waals surface area contributed by atoms with Crippen LogP contribution in [0, 0.1) is 23.7 Å². The van der Waals surface area contributed by atoms with Crippen LogP contribution in [0.15, 0.2) is 197 Å². The van der Waals surface area contributed by atoms with Crippen LogP contribution in [0.4, 0.5) is 4.79 Å². The lowest BCUT2D eigenvalue weighted by Crippen LogP contribution is -2.47. The molecular formula is C81H67N5O21S6. The van der Waals surface area contributed by atoms with Crippen molar-refractivity contribution in [3.8, 4) is 28.2 Å². The highest BCUT2D eigenvalue weighted by molar-refractivity contribution is 8.77. The first kappa shape index (κ1) is 77.8. The van der Waals surface area contributed by atoms with Crippen molar-refractivity contribution in [1.82, 2.24) is 25.5 Å². The molecule has 9 N–H and O–H groups in total. The first-order valence-electron chi connectivity index (χ1n) is 35.6. The van der Waals surface area contributed by atoms with Crippen molar-refractivity contribution in [2.45, 2.75) is 65.9 Å². The summed E-state index contributed by atoms with van der Waals surface area (Å²) in [6, 6.07) is 41.2. The van der Waals surface area contributed by atoms with Gasteiger partial charge in [-0.1, -0.05) is 95.1 Å². The molecule has 0 saturated heterocycles. The minimum atomic E-state index is -1.31. The fourth-order valence-corrected chi connectivity index (χ4v) is 21.8. The van der Waals surface area contributed by atoms with E-state index in [1.165, 1.54) is 126 Å². The number of fused-ring (bicyclic) bond motifs is 4. The smallest absolute Gasteiger partial charge is 0.419 e. The number of carboxylic acid groups (broad SMARTS) is 5. The average Bonchev–Trinajstić information content (AvgIpc) is 0.791. The average molecular weight is 1640 g/mol.